The normalized spacial score (nSPS) is 17.4. The third kappa shape index (κ3) is 4.63. The largest absolute Gasteiger partial charge is 0.395 e. The highest BCUT2D eigenvalue weighted by Crippen LogP contribution is 2.33. The molecule has 0 saturated carbocycles. The third-order valence-electron chi connectivity index (χ3n) is 2.83. The number of hydrogen-bond donors (Lipinski definition) is 0. The second-order valence-electron chi connectivity index (χ2n) is 4.64. The number of sulfone groups is 1. The van der Waals surface area contributed by atoms with Crippen molar-refractivity contribution in [3.63, 3.8) is 0 Å². The van der Waals surface area contributed by atoms with Gasteiger partial charge in [0.15, 0.2) is 9.84 Å². The lowest BCUT2D eigenvalue weighted by Crippen LogP contribution is -2.26. The molecule has 0 amide bonds. The van der Waals surface area contributed by atoms with Crippen LogP contribution in [-0.2, 0) is 14.6 Å². The van der Waals surface area contributed by atoms with Gasteiger partial charge in [-0.2, -0.15) is 13.2 Å². The molecule has 0 rings (SSSR count). The van der Waals surface area contributed by atoms with E-state index in [1.165, 1.54) is 27.7 Å². The quantitative estimate of drug-likeness (QED) is 0.708. The fraction of sp³-hybridized carbons (Fsp3) is 0.750. The van der Waals surface area contributed by atoms with Gasteiger partial charge in [0.25, 0.3) is 0 Å². The monoisotopic (exact) mass is 300 g/mol. The maximum Gasteiger partial charge on any atom is 0.395 e. The predicted molar refractivity (Wildman–Crippen MR) is 67.2 cm³/mol. The molecule has 0 bridgehead atoms. The Hall–Kier alpha value is -0.850. The summed E-state index contributed by atoms with van der Waals surface area (Å²) in [5, 5.41) is -0.869. The molecule has 0 aromatic rings. The number of alkyl halides is 3. The molecule has 0 aliphatic rings. The number of rotatable bonds is 6. The van der Waals surface area contributed by atoms with Crippen LogP contribution < -0.4 is 0 Å². The average Bonchev–Trinajstić information content (AvgIpc) is 2.26. The number of carbonyl (C=O) groups is 1. The molecule has 0 radical (unpaired) electrons. The first kappa shape index (κ1) is 18.1. The van der Waals surface area contributed by atoms with Crippen molar-refractivity contribution in [2.24, 2.45) is 11.8 Å². The van der Waals surface area contributed by atoms with Gasteiger partial charge < -0.3 is 4.79 Å². The van der Waals surface area contributed by atoms with Gasteiger partial charge in [0, 0.05) is 5.92 Å². The van der Waals surface area contributed by atoms with Gasteiger partial charge in [-0.15, -0.1) is 0 Å². The maximum atomic E-state index is 12.7. The van der Waals surface area contributed by atoms with Crippen LogP contribution >= 0.6 is 0 Å². The summed E-state index contributed by atoms with van der Waals surface area (Å²) in [6.07, 6.45) is -3.77. The van der Waals surface area contributed by atoms with E-state index >= 15 is 0 Å². The van der Waals surface area contributed by atoms with Crippen molar-refractivity contribution >= 4 is 16.1 Å². The van der Waals surface area contributed by atoms with Crippen LogP contribution in [0.15, 0.2) is 11.0 Å². The lowest BCUT2D eigenvalue weighted by molar-refractivity contribution is -0.161. The lowest BCUT2D eigenvalue weighted by Gasteiger charge is -2.20. The number of halogens is 3. The Bertz CT molecular complexity index is 436. The van der Waals surface area contributed by atoms with E-state index < -0.39 is 38.0 Å². The fourth-order valence-corrected chi connectivity index (χ4v) is 2.96. The van der Waals surface area contributed by atoms with Crippen LogP contribution in [0, 0.1) is 11.8 Å². The van der Waals surface area contributed by atoms with Crippen molar-refractivity contribution in [1.29, 1.82) is 0 Å². The Balaban J connectivity index is 5.83. The molecule has 0 aromatic heterocycles. The van der Waals surface area contributed by atoms with E-state index in [1.54, 1.807) is 0 Å². The van der Waals surface area contributed by atoms with Crippen molar-refractivity contribution in [3.8, 4) is 0 Å². The smallest absolute Gasteiger partial charge is 0.303 e. The highest BCUT2D eigenvalue weighted by Gasteiger charge is 2.39. The Morgan fingerprint density at radius 2 is 1.68 bits per heavy atom. The molecule has 7 heteroatoms. The number of carbonyl (C=O) groups excluding carboxylic acids is 1. The van der Waals surface area contributed by atoms with Gasteiger partial charge in [0.1, 0.15) is 6.29 Å². The van der Waals surface area contributed by atoms with Gasteiger partial charge in [0.05, 0.1) is 16.1 Å². The molecule has 2 atom stereocenters. The second kappa shape index (κ2) is 6.54. The molecule has 0 N–H and O–H groups in total. The summed E-state index contributed by atoms with van der Waals surface area (Å²) in [4.78, 5) is 10.3. The predicted octanol–water partition coefficient (Wildman–Crippen LogP) is 3.12. The zero-order chi connectivity index (χ0) is 15.4. The summed E-state index contributed by atoms with van der Waals surface area (Å²) in [6.45, 7) is 5.34. The van der Waals surface area contributed by atoms with Crippen LogP contribution in [0.1, 0.15) is 34.1 Å². The molecule has 2 unspecified atom stereocenters. The average molecular weight is 300 g/mol. The zero-order valence-electron chi connectivity index (χ0n) is 11.4. The fourth-order valence-electron chi connectivity index (χ4n) is 1.49. The molecule has 0 fully saturated rings. The summed E-state index contributed by atoms with van der Waals surface area (Å²) >= 11 is 0. The Morgan fingerprint density at radius 1 is 1.21 bits per heavy atom. The van der Waals surface area contributed by atoms with E-state index in [1.807, 2.05) is 0 Å². The highest BCUT2D eigenvalue weighted by molar-refractivity contribution is 7.95. The molecule has 0 aromatic carbocycles. The molecule has 3 nitrogen and oxygen atoms in total. The van der Waals surface area contributed by atoms with Crippen LogP contribution in [-0.4, -0.2) is 26.1 Å². The maximum absolute atomic E-state index is 12.7. The van der Waals surface area contributed by atoms with Gasteiger partial charge in [-0.3, -0.25) is 0 Å². The number of hydrogen-bond acceptors (Lipinski definition) is 3. The summed E-state index contributed by atoms with van der Waals surface area (Å²) in [6, 6.07) is 0. The molecule has 0 aliphatic carbocycles. The molecule has 112 valence electrons. The van der Waals surface area contributed by atoms with Gasteiger partial charge in [0.2, 0.25) is 0 Å². The first-order valence-electron chi connectivity index (χ1n) is 5.96. The number of allylic oxidation sites excluding steroid dienone is 2. The van der Waals surface area contributed by atoms with E-state index in [4.69, 9.17) is 0 Å². The summed E-state index contributed by atoms with van der Waals surface area (Å²) in [7, 11) is -3.89. The van der Waals surface area contributed by atoms with Gasteiger partial charge >= 0.3 is 6.18 Å². The van der Waals surface area contributed by atoms with Crippen LogP contribution in [0.4, 0.5) is 13.2 Å². The highest BCUT2D eigenvalue weighted by atomic mass is 32.2. The third-order valence-corrected chi connectivity index (χ3v) is 5.23. The van der Waals surface area contributed by atoms with Gasteiger partial charge in [-0.1, -0.05) is 19.9 Å². The van der Waals surface area contributed by atoms with E-state index in [2.05, 4.69) is 0 Å². The zero-order valence-corrected chi connectivity index (χ0v) is 12.2. The summed E-state index contributed by atoms with van der Waals surface area (Å²) in [5.41, 5.74) is 0. The SMILES string of the molecule is CCC(/C=C(\C(C)C=O)S(=O)(=O)C(C)C)C(F)(F)F. The minimum Gasteiger partial charge on any atom is -0.303 e. The molecule has 0 aliphatic heterocycles. The Morgan fingerprint density at radius 3 is 1.95 bits per heavy atom. The van der Waals surface area contributed by atoms with Crippen molar-refractivity contribution in [2.45, 2.75) is 45.5 Å². The summed E-state index contributed by atoms with van der Waals surface area (Å²) < 4.78 is 62.2. The summed E-state index contributed by atoms with van der Waals surface area (Å²) in [5.74, 6) is -2.94. The van der Waals surface area contributed by atoms with E-state index in [9.17, 15) is 26.4 Å². The van der Waals surface area contributed by atoms with E-state index in [-0.39, 0.29) is 6.42 Å². The minimum atomic E-state index is -4.52. The first-order chi connectivity index (χ1) is 8.48. The molecule has 0 spiro atoms. The van der Waals surface area contributed by atoms with E-state index in [0.717, 1.165) is 0 Å². The van der Waals surface area contributed by atoms with E-state index in [0.29, 0.717) is 12.4 Å². The minimum absolute atomic E-state index is 0.272. The van der Waals surface area contributed by atoms with Crippen LogP contribution in [0.2, 0.25) is 0 Å². The van der Waals surface area contributed by atoms with Crippen molar-refractivity contribution in [2.75, 3.05) is 0 Å². The first-order valence-corrected chi connectivity index (χ1v) is 7.50. The van der Waals surface area contributed by atoms with Crippen LogP contribution in [0.3, 0.4) is 0 Å². The Kier molecular flexibility index (Phi) is 6.25. The number of aldehydes is 1. The lowest BCUT2D eigenvalue weighted by atomic mass is 10.0. The molecule has 0 heterocycles. The second-order valence-corrected chi connectivity index (χ2v) is 7.15. The standard InChI is InChI=1S/C12H19F3O3S/c1-5-10(12(13,14)15)6-11(9(4)7-16)19(17,18)8(2)3/h6-10H,5H2,1-4H3/b11-6+. The molecule has 0 saturated heterocycles. The topological polar surface area (TPSA) is 51.2 Å². The van der Waals surface area contributed by atoms with Gasteiger partial charge in [-0.25, -0.2) is 8.42 Å². The molecule has 19 heavy (non-hydrogen) atoms. The van der Waals surface area contributed by atoms with Crippen LogP contribution in [0.5, 0.6) is 0 Å². The Labute approximate surface area is 111 Å². The molecular weight excluding hydrogens is 281 g/mol. The van der Waals surface area contributed by atoms with Gasteiger partial charge in [-0.05, 0) is 20.3 Å². The van der Waals surface area contributed by atoms with Crippen LogP contribution in [0.25, 0.3) is 0 Å². The van der Waals surface area contributed by atoms with Crippen molar-refractivity contribution in [1.82, 2.24) is 0 Å². The molecular formula is C12H19F3O3S. The van der Waals surface area contributed by atoms with Crippen molar-refractivity contribution < 1.29 is 26.4 Å². The van der Waals surface area contributed by atoms with Crippen molar-refractivity contribution in [3.05, 3.63) is 11.0 Å².